The fourth-order valence-corrected chi connectivity index (χ4v) is 4.04. The fraction of sp³-hybridized carbons (Fsp3) is 0.389. The van der Waals surface area contributed by atoms with E-state index < -0.39 is 17.7 Å². The Labute approximate surface area is 151 Å². The first kappa shape index (κ1) is 17.3. The molecule has 1 saturated heterocycles. The SMILES string of the molecule is O=C(O)[C@H]1[C@@H]2COC3=CC(Oc4ccc(C(F)(F)F)cc4Cl)=CCC3[C@@H]21. The lowest BCUT2D eigenvalue weighted by Crippen LogP contribution is -2.21. The van der Waals surface area contributed by atoms with E-state index in [0.717, 1.165) is 12.1 Å². The average molecular weight is 387 g/mol. The number of rotatable bonds is 3. The van der Waals surface area contributed by atoms with Crippen LogP contribution in [0.5, 0.6) is 5.75 Å². The number of carboxylic acid groups (broad SMARTS) is 1. The van der Waals surface area contributed by atoms with Crippen LogP contribution in [0.3, 0.4) is 0 Å². The van der Waals surface area contributed by atoms with Crippen molar-refractivity contribution >= 4 is 17.6 Å². The van der Waals surface area contributed by atoms with Crippen LogP contribution in [0.25, 0.3) is 0 Å². The Balaban J connectivity index is 1.49. The molecule has 2 fully saturated rings. The van der Waals surface area contributed by atoms with Crippen molar-refractivity contribution in [3.8, 4) is 5.75 Å². The largest absolute Gasteiger partial charge is 0.497 e. The number of benzene rings is 1. The first-order valence-corrected chi connectivity index (χ1v) is 8.45. The number of alkyl halides is 3. The summed E-state index contributed by atoms with van der Waals surface area (Å²) in [6.07, 6.45) is -0.468. The quantitative estimate of drug-likeness (QED) is 0.831. The molecular weight excluding hydrogens is 373 g/mol. The van der Waals surface area contributed by atoms with Crippen LogP contribution in [0.4, 0.5) is 13.2 Å². The Bertz CT molecular complexity index is 830. The Morgan fingerprint density at radius 1 is 1.35 bits per heavy atom. The molecule has 1 saturated carbocycles. The van der Waals surface area contributed by atoms with E-state index in [1.807, 2.05) is 0 Å². The molecule has 1 aromatic carbocycles. The van der Waals surface area contributed by atoms with Gasteiger partial charge in [0.25, 0.3) is 0 Å². The van der Waals surface area contributed by atoms with Gasteiger partial charge in [0.1, 0.15) is 17.3 Å². The van der Waals surface area contributed by atoms with E-state index in [1.54, 1.807) is 12.2 Å². The lowest BCUT2D eigenvalue weighted by atomic mass is 9.89. The first-order valence-electron chi connectivity index (χ1n) is 8.07. The fourth-order valence-electron chi connectivity index (χ4n) is 3.82. The molecule has 8 heteroatoms. The summed E-state index contributed by atoms with van der Waals surface area (Å²) >= 11 is 5.91. The Morgan fingerprint density at radius 3 is 2.77 bits per heavy atom. The molecule has 3 aliphatic rings. The molecule has 0 amide bonds. The second kappa shape index (κ2) is 5.94. The van der Waals surface area contributed by atoms with E-state index in [4.69, 9.17) is 21.1 Å². The van der Waals surface area contributed by atoms with Gasteiger partial charge >= 0.3 is 12.1 Å². The summed E-state index contributed by atoms with van der Waals surface area (Å²) in [6.45, 7) is 0.359. The van der Waals surface area contributed by atoms with E-state index in [0.29, 0.717) is 24.5 Å². The van der Waals surface area contributed by atoms with Gasteiger partial charge in [0.05, 0.1) is 23.1 Å². The second-order valence-electron chi connectivity index (χ2n) is 6.66. The van der Waals surface area contributed by atoms with Crippen LogP contribution in [0.2, 0.25) is 5.02 Å². The molecule has 4 rings (SSSR count). The molecular formula is C18H14ClF3O4. The summed E-state index contributed by atoms with van der Waals surface area (Å²) in [5.74, 6) is 0.155. The predicted molar refractivity (Wildman–Crippen MR) is 85.4 cm³/mol. The van der Waals surface area contributed by atoms with Crippen molar-refractivity contribution < 1.29 is 32.5 Å². The minimum atomic E-state index is -4.47. The maximum absolute atomic E-state index is 12.7. The van der Waals surface area contributed by atoms with Crippen LogP contribution >= 0.6 is 11.6 Å². The van der Waals surface area contributed by atoms with Crippen molar-refractivity contribution in [3.05, 3.63) is 52.5 Å². The number of aliphatic carboxylic acids is 1. The molecule has 138 valence electrons. The summed E-state index contributed by atoms with van der Waals surface area (Å²) < 4.78 is 49.4. The van der Waals surface area contributed by atoms with Crippen LogP contribution in [0, 0.1) is 23.7 Å². The van der Waals surface area contributed by atoms with Crippen LogP contribution in [0.1, 0.15) is 12.0 Å². The summed E-state index contributed by atoms with van der Waals surface area (Å²) in [5, 5.41) is 9.08. The van der Waals surface area contributed by atoms with Gasteiger partial charge in [-0.05, 0) is 36.6 Å². The number of halogens is 4. The smallest absolute Gasteiger partial charge is 0.416 e. The van der Waals surface area contributed by atoms with Crippen molar-refractivity contribution in [3.63, 3.8) is 0 Å². The monoisotopic (exact) mass is 386 g/mol. The van der Waals surface area contributed by atoms with Crippen molar-refractivity contribution in [2.45, 2.75) is 12.6 Å². The highest BCUT2D eigenvalue weighted by Gasteiger charge is 2.62. The van der Waals surface area contributed by atoms with Crippen LogP contribution < -0.4 is 4.74 Å². The Morgan fingerprint density at radius 2 is 2.12 bits per heavy atom. The van der Waals surface area contributed by atoms with Crippen molar-refractivity contribution in [1.29, 1.82) is 0 Å². The van der Waals surface area contributed by atoms with Crippen LogP contribution in [-0.2, 0) is 15.7 Å². The zero-order chi connectivity index (χ0) is 18.6. The Hall–Kier alpha value is -2.15. The number of hydrogen-bond acceptors (Lipinski definition) is 3. The highest BCUT2D eigenvalue weighted by molar-refractivity contribution is 6.32. The van der Waals surface area contributed by atoms with Crippen LogP contribution in [0.15, 0.2) is 41.9 Å². The van der Waals surface area contributed by atoms with Gasteiger partial charge in [-0.1, -0.05) is 11.6 Å². The van der Waals surface area contributed by atoms with Gasteiger partial charge in [0, 0.05) is 17.9 Å². The minimum absolute atomic E-state index is 0.00489. The molecule has 1 N–H and O–H groups in total. The highest BCUT2D eigenvalue weighted by atomic mass is 35.5. The molecule has 1 unspecified atom stereocenters. The third-order valence-corrected chi connectivity index (χ3v) is 5.43. The molecule has 2 aliphatic carbocycles. The van der Waals surface area contributed by atoms with Crippen molar-refractivity contribution in [1.82, 2.24) is 0 Å². The van der Waals surface area contributed by atoms with Gasteiger partial charge in [-0.2, -0.15) is 13.2 Å². The Kier molecular flexibility index (Phi) is 3.95. The lowest BCUT2D eigenvalue weighted by molar-refractivity contribution is -0.139. The number of carbonyl (C=O) groups is 1. The highest BCUT2D eigenvalue weighted by Crippen LogP contribution is 2.58. The summed E-state index contributed by atoms with van der Waals surface area (Å²) in [7, 11) is 0. The molecule has 26 heavy (non-hydrogen) atoms. The number of allylic oxidation sites excluding steroid dienone is 3. The van der Waals surface area contributed by atoms with E-state index in [-0.39, 0.29) is 34.4 Å². The molecule has 4 nitrogen and oxygen atoms in total. The minimum Gasteiger partial charge on any atom is -0.497 e. The average Bonchev–Trinajstić information content (AvgIpc) is 3.30. The number of carboxylic acids is 1. The normalized spacial score (nSPS) is 29.5. The summed E-state index contributed by atoms with van der Waals surface area (Å²) in [5.41, 5.74) is -0.846. The molecule has 1 heterocycles. The topological polar surface area (TPSA) is 55.8 Å². The number of ether oxygens (including phenoxy) is 2. The molecule has 1 aliphatic heterocycles. The molecule has 1 aromatic rings. The van der Waals surface area contributed by atoms with Gasteiger partial charge in [0.15, 0.2) is 0 Å². The predicted octanol–water partition coefficient (Wildman–Crippen LogP) is 4.50. The number of hydrogen-bond donors (Lipinski definition) is 1. The molecule has 4 atom stereocenters. The summed E-state index contributed by atoms with van der Waals surface area (Å²) in [4.78, 5) is 11.2. The van der Waals surface area contributed by atoms with Gasteiger partial charge in [-0.15, -0.1) is 0 Å². The van der Waals surface area contributed by atoms with E-state index in [9.17, 15) is 23.1 Å². The van der Waals surface area contributed by atoms with E-state index in [2.05, 4.69) is 0 Å². The third-order valence-electron chi connectivity index (χ3n) is 5.13. The second-order valence-corrected chi connectivity index (χ2v) is 7.06. The maximum Gasteiger partial charge on any atom is 0.416 e. The van der Waals surface area contributed by atoms with Crippen LogP contribution in [-0.4, -0.2) is 17.7 Å². The van der Waals surface area contributed by atoms with Gasteiger partial charge in [-0.3, -0.25) is 4.79 Å². The van der Waals surface area contributed by atoms with Crippen molar-refractivity contribution in [2.24, 2.45) is 23.7 Å². The molecule has 0 aromatic heterocycles. The van der Waals surface area contributed by atoms with Gasteiger partial charge in [-0.25, -0.2) is 0 Å². The molecule has 0 spiro atoms. The zero-order valence-corrected chi connectivity index (χ0v) is 14.1. The zero-order valence-electron chi connectivity index (χ0n) is 13.3. The molecule has 0 bridgehead atoms. The van der Waals surface area contributed by atoms with E-state index in [1.165, 1.54) is 6.07 Å². The molecule has 0 radical (unpaired) electrons. The van der Waals surface area contributed by atoms with Gasteiger partial charge < -0.3 is 14.6 Å². The number of fused-ring (bicyclic) bond motifs is 3. The maximum atomic E-state index is 12.7. The first-order chi connectivity index (χ1) is 12.3. The van der Waals surface area contributed by atoms with Gasteiger partial charge in [0.2, 0.25) is 0 Å². The lowest BCUT2D eigenvalue weighted by Gasteiger charge is -2.28. The third kappa shape index (κ3) is 2.94. The van der Waals surface area contributed by atoms with E-state index >= 15 is 0 Å². The van der Waals surface area contributed by atoms with Crippen molar-refractivity contribution in [2.75, 3.05) is 6.61 Å². The standard InChI is InChI=1S/C18H14ClF3O4/c19-12-5-8(18(20,21)22)1-4-13(12)26-9-2-3-10-14(6-9)25-7-11-15(10)16(11)17(23)24/h1-2,4-6,10-11,15-16H,3,7H2,(H,23,24)/t10?,11-,15+,16+/m1/s1. The summed E-state index contributed by atoms with van der Waals surface area (Å²) in [6, 6.07) is 2.90.